The molecule has 6 heteroatoms. The van der Waals surface area contributed by atoms with Gasteiger partial charge in [-0.2, -0.15) is 0 Å². The first-order chi connectivity index (χ1) is 9.69. The molecular formula is C14H16Cl3N3. The SMILES string of the molecule is ClCc1nc2cc(Cl)c(Cl)cc2n1CCN1CCCC1. The summed E-state index contributed by atoms with van der Waals surface area (Å²) in [7, 11) is 0. The molecule has 1 aromatic heterocycles. The fourth-order valence-electron chi connectivity index (χ4n) is 2.77. The van der Waals surface area contributed by atoms with Crippen LogP contribution < -0.4 is 0 Å². The number of hydrogen-bond acceptors (Lipinski definition) is 2. The van der Waals surface area contributed by atoms with E-state index in [1.807, 2.05) is 12.1 Å². The summed E-state index contributed by atoms with van der Waals surface area (Å²) in [5, 5.41) is 1.09. The number of imidazole rings is 1. The van der Waals surface area contributed by atoms with Crippen molar-refractivity contribution < 1.29 is 0 Å². The Hall–Kier alpha value is -0.480. The van der Waals surface area contributed by atoms with Gasteiger partial charge < -0.3 is 9.47 Å². The van der Waals surface area contributed by atoms with Gasteiger partial charge in [0.2, 0.25) is 0 Å². The highest BCUT2D eigenvalue weighted by molar-refractivity contribution is 6.42. The third kappa shape index (κ3) is 2.77. The van der Waals surface area contributed by atoms with Gasteiger partial charge in [-0.3, -0.25) is 0 Å². The first-order valence-electron chi connectivity index (χ1n) is 6.81. The molecule has 108 valence electrons. The number of nitrogens with zero attached hydrogens (tertiary/aromatic N) is 3. The molecule has 0 N–H and O–H groups in total. The maximum atomic E-state index is 6.12. The fraction of sp³-hybridized carbons (Fsp3) is 0.500. The van der Waals surface area contributed by atoms with Crippen LogP contribution >= 0.6 is 34.8 Å². The molecule has 1 fully saturated rings. The van der Waals surface area contributed by atoms with E-state index in [0.717, 1.165) is 29.9 Å². The summed E-state index contributed by atoms with van der Waals surface area (Å²) in [5.74, 6) is 1.27. The lowest BCUT2D eigenvalue weighted by molar-refractivity contribution is 0.323. The smallest absolute Gasteiger partial charge is 0.124 e. The Morgan fingerprint density at radius 2 is 1.75 bits per heavy atom. The lowest BCUT2D eigenvalue weighted by Crippen LogP contribution is -2.24. The van der Waals surface area contributed by atoms with Crippen LogP contribution in [-0.2, 0) is 12.4 Å². The van der Waals surface area contributed by atoms with Crippen molar-refractivity contribution in [2.45, 2.75) is 25.3 Å². The minimum Gasteiger partial charge on any atom is -0.326 e. The molecule has 1 aliphatic heterocycles. The van der Waals surface area contributed by atoms with Gasteiger partial charge in [0.15, 0.2) is 0 Å². The Morgan fingerprint density at radius 3 is 2.45 bits per heavy atom. The van der Waals surface area contributed by atoms with Gasteiger partial charge in [0, 0.05) is 13.1 Å². The van der Waals surface area contributed by atoms with Gasteiger partial charge in [0.25, 0.3) is 0 Å². The largest absolute Gasteiger partial charge is 0.326 e. The number of hydrogen-bond donors (Lipinski definition) is 0. The zero-order valence-corrected chi connectivity index (χ0v) is 13.3. The molecule has 0 bridgehead atoms. The van der Waals surface area contributed by atoms with E-state index in [4.69, 9.17) is 34.8 Å². The van der Waals surface area contributed by atoms with Crippen molar-refractivity contribution in [2.75, 3.05) is 19.6 Å². The van der Waals surface area contributed by atoms with Crippen LogP contribution in [0, 0.1) is 0 Å². The molecule has 2 aromatic rings. The Bertz CT molecular complexity index is 618. The number of likely N-dealkylation sites (tertiary alicyclic amines) is 1. The van der Waals surface area contributed by atoms with E-state index in [-0.39, 0.29) is 0 Å². The van der Waals surface area contributed by atoms with E-state index in [9.17, 15) is 0 Å². The lowest BCUT2D eigenvalue weighted by atomic mass is 10.3. The van der Waals surface area contributed by atoms with Crippen LogP contribution in [-0.4, -0.2) is 34.1 Å². The van der Waals surface area contributed by atoms with E-state index in [2.05, 4.69) is 14.5 Å². The third-order valence-corrected chi connectivity index (χ3v) is 4.79. The number of alkyl halides is 1. The average molecular weight is 333 g/mol. The first kappa shape index (κ1) is 14.5. The van der Waals surface area contributed by atoms with Gasteiger partial charge in [-0.25, -0.2) is 4.98 Å². The van der Waals surface area contributed by atoms with Crippen LogP contribution in [0.5, 0.6) is 0 Å². The predicted octanol–water partition coefficient (Wildman–Crippen LogP) is 4.18. The molecule has 0 atom stereocenters. The monoisotopic (exact) mass is 331 g/mol. The molecule has 1 aromatic carbocycles. The molecule has 2 heterocycles. The van der Waals surface area contributed by atoms with Crippen molar-refractivity contribution in [2.24, 2.45) is 0 Å². The molecule has 20 heavy (non-hydrogen) atoms. The maximum Gasteiger partial charge on any atom is 0.124 e. The summed E-state index contributed by atoms with van der Waals surface area (Å²) in [4.78, 5) is 7.02. The van der Waals surface area contributed by atoms with Crippen LogP contribution in [0.3, 0.4) is 0 Å². The molecule has 0 spiro atoms. The summed E-state index contributed by atoms with van der Waals surface area (Å²) in [6.07, 6.45) is 2.60. The van der Waals surface area contributed by atoms with Crippen LogP contribution in [0.2, 0.25) is 10.0 Å². The Morgan fingerprint density at radius 1 is 1.05 bits per heavy atom. The van der Waals surface area contributed by atoms with E-state index in [1.54, 1.807) is 0 Å². The summed E-state index contributed by atoms with van der Waals surface area (Å²) in [6, 6.07) is 3.69. The van der Waals surface area contributed by atoms with Crippen molar-refractivity contribution in [3.05, 3.63) is 28.0 Å². The highest BCUT2D eigenvalue weighted by Gasteiger charge is 2.15. The topological polar surface area (TPSA) is 21.1 Å². The number of aromatic nitrogens is 2. The molecule has 3 rings (SSSR count). The number of benzene rings is 1. The molecular weight excluding hydrogens is 317 g/mol. The second-order valence-corrected chi connectivity index (χ2v) is 6.20. The van der Waals surface area contributed by atoms with Crippen molar-refractivity contribution in [3.8, 4) is 0 Å². The van der Waals surface area contributed by atoms with Gasteiger partial charge in [0.1, 0.15) is 5.82 Å². The normalized spacial score (nSPS) is 16.4. The second kappa shape index (κ2) is 6.10. The Labute approximate surface area is 133 Å². The summed E-state index contributed by atoms with van der Waals surface area (Å²) in [6.45, 7) is 4.29. The van der Waals surface area contributed by atoms with Crippen LogP contribution in [0.15, 0.2) is 12.1 Å². The highest BCUT2D eigenvalue weighted by Crippen LogP contribution is 2.28. The quantitative estimate of drug-likeness (QED) is 0.783. The molecule has 0 unspecified atom stereocenters. The van der Waals surface area contributed by atoms with Crippen LogP contribution in [0.25, 0.3) is 11.0 Å². The van der Waals surface area contributed by atoms with Gasteiger partial charge in [0.05, 0.1) is 27.0 Å². The van der Waals surface area contributed by atoms with Crippen LogP contribution in [0.1, 0.15) is 18.7 Å². The Kier molecular flexibility index (Phi) is 4.41. The van der Waals surface area contributed by atoms with E-state index < -0.39 is 0 Å². The minimum absolute atomic E-state index is 0.393. The molecule has 0 radical (unpaired) electrons. The van der Waals surface area contributed by atoms with Crippen LogP contribution in [0.4, 0.5) is 0 Å². The zero-order chi connectivity index (χ0) is 14.1. The second-order valence-electron chi connectivity index (χ2n) is 5.12. The zero-order valence-electron chi connectivity index (χ0n) is 11.1. The number of fused-ring (bicyclic) bond motifs is 1. The summed E-state index contributed by atoms with van der Waals surface area (Å²) in [5.41, 5.74) is 1.87. The third-order valence-electron chi connectivity index (χ3n) is 3.83. The molecule has 0 saturated carbocycles. The van der Waals surface area contributed by atoms with Crippen molar-refractivity contribution >= 4 is 45.8 Å². The van der Waals surface area contributed by atoms with Gasteiger partial charge in [-0.15, -0.1) is 11.6 Å². The van der Waals surface area contributed by atoms with E-state index in [0.29, 0.717) is 15.9 Å². The van der Waals surface area contributed by atoms with E-state index >= 15 is 0 Å². The minimum atomic E-state index is 0.393. The lowest BCUT2D eigenvalue weighted by Gasteiger charge is -2.16. The highest BCUT2D eigenvalue weighted by atomic mass is 35.5. The maximum absolute atomic E-state index is 6.12. The standard InChI is InChI=1S/C14H16Cl3N3/c15-9-14-18-12-7-10(16)11(17)8-13(12)20(14)6-5-19-3-1-2-4-19/h7-8H,1-6,9H2. The average Bonchev–Trinajstić information content (AvgIpc) is 3.05. The van der Waals surface area contributed by atoms with E-state index in [1.165, 1.54) is 25.9 Å². The number of halogens is 3. The first-order valence-corrected chi connectivity index (χ1v) is 8.10. The molecule has 1 saturated heterocycles. The van der Waals surface area contributed by atoms with Gasteiger partial charge in [-0.05, 0) is 38.1 Å². The summed E-state index contributed by atoms with van der Waals surface area (Å²) >= 11 is 18.2. The molecule has 0 aliphatic carbocycles. The van der Waals surface area contributed by atoms with Crippen molar-refractivity contribution in [3.63, 3.8) is 0 Å². The molecule has 1 aliphatic rings. The van der Waals surface area contributed by atoms with Crippen molar-refractivity contribution in [1.29, 1.82) is 0 Å². The molecule has 0 amide bonds. The number of rotatable bonds is 4. The van der Waals surface area contributed by atoms with Gasteiger partial charge in [-0.1, -0.05) is 23.2 Å². The van der Waals surface area contributed by atoms with Gasteiger partial charge >= 0.3 is 0 Å². The fourth-order valence-corrected chi connectivity index (χ4v) is 3.29. The summed E-state index contributed by atoms with van der Waals surface area (Å²) < 4.78 is 2.16. The Balaban J connectivity index is 1.92. The predicted molar refractivity (Wildman–Crippen MR) is 85.0 cm³/mol. The molecule has 3 nitrogen and oxygen atoms in total. The van der Waals surface area contributed by atoms with Crippen molar-refractivity contribution in [1.82, 2.24) is 14.5 Å².